The molecular formula is C13H11N3O5S. The van der Waals surface area contributed by atoms with E-state index >= 15 is 0 Å². The number of carbonyl (C=O) groups excluding carboxylic acids is 1. The summed E-state index contributed by atoms with van der Waals surface area (Å²) < 4.78 is 10.4. The van der Waals surface area contributed by atoms with Crippen molar-refractivity contribution in [3.8, 4) is 11.5 Å². The normalized spacial score (nSPS) is 21.5. The molecule has 1 atom stereocenters. The predicted octanol–water partition coefficient (Wildman–Crippen LogP) is 0.811. The molecule has 2 aliphatic rings. The maximum Gasteiger partial charge on any atom is 0.305 e. The van der Waals surface area contributed by atoms with Crippen LogP contribution < -0.4 is 14.8 Å². The first kappa shape index (κ1) is 14.4. The van der Waals surface area contributed by atoms with Gasteiger partial charge in [-0.1, -0.05) is 11.8 Å². The molecule has 3 rings (SSSR count). The van der Waals surface area contributed by atoms with Crippen LogP contribution in [0.3, 0.4) is 0 Å². The molecule has 0 aliphatic carbocycles. The Morgan fingerprint density at radius 2 is 2.27 bits per heavy atom. The standard InChI is InChI=1S/C13H11N3O5S/c17-11(18)4-10-12(19)15-13(22-10)16-14-5-7-1-2-8-9(3-7)21-6-20-8/h1-3,5,10H,4,6H2,(H,17,18)(H,15,16,19)/b14-5+. The maximum absolute atomic E-state index is 11.5. The van der Waals surface area contributed by atoms with Crippen LogP contribution in [0.4, 0.5) is 0 Å². The molecule has 9 heteroatoms. The van der Waals surface area contributed by atoms with Gasteiger partial charge in [0.25, 0.3) is 0 Å². The van der Waals surface area contributed by atoms with Crippen molar-refractivity contribution in [2.24, 2.45) is 10.2 Å². The number of aliphatic carboxylic acids is 1. The molecule has 1 fully saturated rings. The molecule has 0 aromatic heterocycles. The fourth-order valence-corrected chi connectivity index (χ4v) is 2.80. The third-order valence-electron chi connectivity index (χ3n) is 2.89. The molecule has 0 radical (unpaired) electrons. The van der Waals surface area contributed by atoms with Crippen molar-refractivity contribution in [2.75, 3.05) is 6.79 Å². The molecule has 114 valence electrons. The minimum atomic E-state index is -1.03. The summed E-state index contributed by atoms with van der Waals surface area (Å²) in [5.41, 5.74) is 0.769. The molecule has 0 saturated carbocycles. The highest BCUT2D eigenvalue weighted by Gasteiger charge is 2.32. The lowest BCUT2D eigenvalue weighted by Crippen LogP contribution is -2.26. The van der Waals surface area contributed by atoms with E-state index in [4.69, 9.17) is 14.6 Å². The molecule has 1 amide bonds. The van der Waals surface area contributed by atoms with Crippen LogP contribution in [0.5, 0.6) is 11.5 Å². The summed E-state index contributed by atoms with van der Waals surface area (Å²) in [4.78, 5) is 22.1. The number of nitrogens with one attached hydrogen (secondary N) is 1. The van der Waals surface area contributed by atoms with Crippen LogP contribution in [0.1, 0.15) is 12.0 Å². The first-order valence-electron chi connectivity index (χ1n) is 6.32. The topological polar surface area (TPSA) is 110 Å². The van der Waals surface area contributed by atoms with Crippen molar-refractivity contribution in [3.05, 3.63) is 23.8 Å². The monoisotopic (exact) mass is 321 g/mol. The van der Waals surface area contributed by atoms with Crippen LogP contribution in [-0.4, -0.2) is 40.4 Å². The summed E-state index contributed by atoms with van der Waals surface area (Å²) in [5, 5.41) is 18.6. The highest BCUT2D eigenvalue weighted by Crippen LogP contribution is 2.32. The molecule has 2 heterocycles. The van der Waals surface area contributed by atoms with Crippen molar-refractivity contribution >= 4 is 35.0 Å². The number of thioether (sulfide) groups is 1. The largest absolute Gasteiger partial charge is 0.481 e. The van der Waals surface area contributed by atoms with Crippen molar-refractivity contribution in [1.29, 1.82) is 0 Å². The van der Waals surface area contributed by atoms with E-state index in [0.29, 0.717) is 11.5 Å². The molecular weight excluding hydrogens is 310 g/mol. The van der Waals surface area contributed by atoms with Crippen molar-refractivity contribution in [3.63, 3.8) is 0 Å². The predicted molar refractivity (Wildman–Crippen MR) is 79.4 cm³/mol. The number of hydrogen-bond acceptors (Lipinski definition) is 7. The zero-order valence-electron chi connectivity index (χ0n) is 11.2. The van der Waals surface area contributed by atoms with Crippen molar-refractivity contribution < 1.29 is 24.2 Å². The Labute approximate surface area is 129 Å². The van der Waals surface area contributed by atoms with Crippen molar-refractivity contribution in [2.45, 2.75) is 11.7 Å². The SMILES string of the molecule is O=C(O)CC1S/C(=N/N=C/c2ccc3c(c2)OCO3)NC1=O. The van der Waals surface area contributed by atoms with Crippen LogP contribution in [-0.2, 0) is 9.59 Å². The summed E-state index contributed by atoms with van der Waals surface area (Å²) in [6, 6.07) is 5.33. The third kappa shape index (κ3) is 3.19. The third-order valence-corrected chi connectivity index (χ3v) is 3.96. The first-order valence-corrected chi connectivity index (χ1v) is 7.20. The summed E-state index contributed by atoms with van der Waals surface area (Å²) in [6.45, 7) is 0.200. The molecule has 1 aromatic rings. The lowest BCUT2D eigenvalue weighted by molar-refractivity contribution is -0.138. The van der Waals surface area contributed by atoms with Gasteiger partial charge in [-0.2, -0.15) is 5.10 Å². The highest BCUT2D eigenvalue weighted by molar-refractivity contribution is 8.15. The number of hydrogen-bond donors (Lipinski definition) is 2. The Kier molecular flexibility index (Phi) is 3.96. The molecule has 1 unspecified atom stereocenters. The lowest BCUT2D eigenvalue weighted by atomic mass is 10.2. The van der Waals surface area contributed by atoms with Gasteiger partial charge in [-0.25, -0.2) is 0 Å². The molecule has 0 spiro atoms. The van der Waals surface area contributed by atoms with Gasteiger partial charge in [0, 0.05) is 0 Å². The molecule has 2 N–H and O–H groups in total. The molecule has 8 nitrogen and oxygen atoms in total. The number of rotatable bonds is 4. The van der Waals surface area contributed by atoms with Gasteiger partial charge in [0.05, 0.1) is 12.6 Å². The fourth-order valence-electron chi connectivity index (χ4n) is 1.89. The van der Waals surface area contributed by atoms with E-state index in [1.807, 2.05) is 0 Å². The van der Waals surface area contributed by atoms with Crippen molar-refractivity contribution in [1.82, 2.24) is 5.32 Å². The number of fused-ring (bicyclic) bond motifs is 1. The number of ether oxygens (including phenoxy) is 2. The minimum absolute atomic E-state index is 0.200. The summed E-state index contributed by atoms with van der Waals surface area (Å²) in [6.07, 6.45) is 1.26. The van der Waals surface area contributed by atoms with E-state index in [2.05, 4.69) is 15.5 Å². The second-order valence-electron chi connectivity index (χ2n) is 4.46. The second kappa shape index (κ2) is 6.06. The van der Waals surface area contributed by atoms with Gasteiger partial charge in [0.2, 0.25) is 12.7 Å². The zero-order chi connectivity index (χ0) is 15.5. The quantitative estimate of drug-likeness (QED) is 0.627. The smallest absolute Gasteiger partial charge is 0.305 e. The number of amidine groups is 1. The number of amides is 1. The number of benzene rings is 1. The highest BCUT2D eigenvalue weighted by atomic mass is 32.2. The van der Waals surface area contributed by atoms with Gasteiger partial charge < -0.3 is 19.9 Å². The first-order chi connectivity index (χ1) is 10.6. The van der Waals surface area contributed by atoms with E-state index in [1.54, 1.807) is 18.2 Å². The maximum atomic E-state index is 11.5. The van der Waals surface area contributed by atoms with Crippen LogP contribution in [0.15, 0.2) is 28.4 Å². The Morgan fingerprint density at radius 1 is 1.45 bits per heavy atom. The Morgan fingerprint density at radius 3 is 3.09 bits per heavy atom. The van der Waals surface area contributed by atoms with E-state index in [1.165, 1.54) is 6.21 Å². The van der Waals surface area contributed by atoms with Gasteiger partial charge in [-0.3, -0.25) is 9.59 Å². The van der Waals surface area contributed by atoms with E-state index in [9.17, 15) is 9.59 Å². The van der Waals surface area contributed by atoms with Gasteiger partial charge in [0.1, 0.15) is 5.25 Å². The zero-order valence-corrected chi connectivity index (χ0v) is 12.0. The molecule has 1 aromatic carbocycles. The fraction of sp³-hybridized carbons (Fsp3) is 0.231. The summed E-state index contributed by atoms with van der Waals surface area (Å²) in [7, 11) is 0. The second-order valence-corrected chi connectivity index (χ2v) is 5.65. The summed E-state index contributed by atoms with van der Waals surface area (Å²) in [5.74, 6) is -0.0811. The summed E-state index contributed by atoms with van der Waals surface area (Å²) >= 11 is 1.05. The van der Waals surface area contributed by atoms with E-state index < -0.39 is 11.2 Å². The van der Waals surface area contributed by atoms with E-state index in [-0.39, 0.29) is 24.3 Å². The Balaban J connectivity index is 1.64. The van der Waals surface area contributed by atoms with Gasteiger partial charge in [-0.15, -0.1) is 5.10 Å². The number of carboxylic acid groups (broad SMARTS) is 1. The number of carbonyl (C=O) groups is 2. The van der Waals surface area contributed by atoms with Gasteiger partial charge >= 0.3 is 5.97 Å². The van der Waals surface area contributed by atoms with Gasteiger partial charge in [-0.05, 0) is 23.8 Å². The van der Waals surface area contributed by atoms with Gasteiger partial charge in [0.15, 0.2) is 16.7 Å². The van der Waals surface area contributed by atoms with Crippen LogP contribution in [0, 0.1) is 0 Å². The average Bonchev–Trinajstić information content (AvgIpc) is 3.05. The van der Waals surface area contributed by atoms with Crippen LogP contribution >= 0.6 is 11.8 Å². The van der Waals surface area contributed by atoms with Crippen LogP contribution in [0.25, 0.3) is 0 Å². The Bertz CT molecular complexity index is 688. The molecule has 1 saturated heterocycles. The van der Waals surface area contributed by atoms with Crippen LogP contribution in [0.2, 0.25) is 0 Å². The molecule has 2 aliphatic heterocycles. The number of carboxylic acids is 1. The Hall–Kier alpha value is -2.55. The number of nitrogens with zero attached hydrogens (tertiary/aromatic N) is 2. The molecule has 22 heavy (non-hydrogen) atoms. The molecule has 0 bridgehead atoms. The van der Waals surface area contributed by atoms with E-state index in [0.717, 1.165) is 17.3 Å². The minimum Gasteiger partial charge on any atom is -0.481 e. The average molecular weight is 321 g/mol. The lowest BCUT2D eigenvalue weighted by Gasteiger charge is -1.98.